The Morgan fingerprint density at radius 1 is 1.39 bits per heavy atom. The van der Waals surface area contributed by atoms with E-state index in [1.165, 1.54) is 25.2 Å². The number of rotatable bonds is 3. The van der Waals surface area contributed by atoms with Crippen LogP contribution < -0.4 is 11.1 Å². The fourth-order valence-corrected chi connectivity index (χ4v) is 2.43. The molecule has 96 valence electrons. The number of amides is 1. The fourth-order valence-electron chi connectivity index (χ4n) is 2.43. The van der Waals surface area contributed by atoms with Gasteiger partial charge in [-0.1, -0.05) is 0 Å². The number of hydrogen-bond donors (Lipinski definition) is 2. The predicted molar refractivity (Wildman–Crippen MR) is 66.9 cm³/mol. The van der Waals surface area contributed by atoms with Crippen LogP contribution >= 0.6 is 0 Å². The number of nitrogens with two attached hydrogens (primary N) is 1. The molecule has 1 atom stereocenters. The lowest BCUT2D eigenvalue weighted by Gasteiger charge is -2.15. The molecule has 3 N–H and O–H groups in total. The summed E-state index contributed by atoms with van der Waals surface area (Å²) in [4.78, 5) is 22.3. The van der Waals surface area contributed by atoms with Gasteiger partial charge in [0.1, 0.15) is 11.5 Å². The van der Waals surface area contributed by atoms with Gasteiger partial charge >= 0.3 is 0 Å². The Bertz CT molecular complexity index is 460. The van der Waals surface area contributed by atoms with Gasteiger partial charge in [0.15, 0.2) is 0 Å². The highest BCUT2D eigenvalue weighted by atomic mass is 16.2. The molecule has 0 spiro atoms. The largest absolute Gasteiger partial charge is 0.382 e. The Hall–Kier alpha value is -1.69. The second-order valence-corrected chi connectivity index (χ2v) is 5.01. The summed E-state index contributed by atoms with van der Waals surface area (Å²) in [5.41, 5.74) is 5.80. The molecule has 1 aromatic heterocycles. The number of likely N-dealkylation sites (tertiary alicyclic amines) is 1. The minimum absolute atomic E-state index is 0.183. The van der Waals surface area contributed by atoms with E-state index < -0.39 is 0 Å². The van der Waals surface area contributed by atoms with Crippen LogP contribution in [0.4, 0.5) is 5.82 Å². The summed E-state index contributed by atoms with van der Waals surface area (Å²) in [5.74, 6) is 0.0890. The van der Waals surface area contributed by atoms with Crippen LogP contribution in [0, 0.1) is 0 Å². The van der Waals surface area contributed by atoms with Gasteiger partial charge in [0, 0.05) is 25.2 Å². The smallest absolute Gasteiger partial charge is 0.271 e. The van der Waals surface area contributed by atoms with Crippen molar-refractivity contribution in [3.63, 3.8) is 0 Å². The minimum atomic E-state index is -0.183. The first kappa shape index (κ1) is 11.4. The maximum absolute atomic E-state index is 12.0. The Balaban J connectivity index is 1.58. The molecule has 18 heavy (non-hydrogen) atoms. The minimum Gasteiger partial charge on any atom is -0.382 e. The quantitative estimate of drug-likeness (QED) is 0.787. The molecular weight excluding hydrogens is 230 g/mol. The molecule has 2 aliphatic rings. The van der Waals surface area contributed by atoms with Crippen LogP contribution in [-0.4, -0.2) is 45.9 Å². The fraction of sp³-hybridized carbons (Fsp3) is 0.583. The van der Waals surface area contributed by atoms with Crippen LogP contribution in [0.5, 0.6) is 0 Å². The highest BCUT2D eigenvalue weighted by Crippen LogP contribution is 2.29. The second-order valence-electron chi connectivity index (χ2n) is 5.01. The van der Waals surface area contributed by atoms with E-state index in [4.69, 9.17) is 5.73 Å². The number of aromatic nitrogens is 2. The van der Waals surface area contributed by atoms with E-state index in [2.05, 4.69) is 20.2 Å². The van der Waals surface area contributed by atoms with Crippen molar-refractivity contribution >= 4 is 11.7 Å². The predicted octanol–water partition coefficient (Wildman–Crippen LogP) is 0.0253. The molecule has 1 saturated heterocycles. The van der Waals surface area contributed by atoms with Gasteiger partial charge in [-0.05, 0) is 19.3 Å². The van der Waals surface area contributed by atoms with E-state index in [-0.39, 0.29) is 17.8 Å². The summed E-state index contributed by atoms with van der Waals surface area (Å²) in [5, 5.41) is 3.00. The van der Waals surface area contributed by atoms with Crippen molar-refractivity contribution in [3.05, 3.63) is 18.1 Å². The monoisotopic (exact) mass is 247 g/mol. The SMILES string of the molecule is Nc1cncc(C(=O)NC2CCN(C3CC3)C2)n1. The third-order valence-electron chi connectivity index (χ3n) is 3.50. The lowest BCUT2D eigenvalue weighted by molar-refractivity contribution is 0.0932. The van der Waals surface area contributed by atoms with Crippen molar-refractivity contribution in [3.8, 4) is 0 Å². The van der Waals surface area contributed by atoms with Gasteiger partial charge in [0.2, 0.25) is 0 Å². The van der Waals surface area contributed by atoms with Crippen molar-refractivity contribution in [1.82, 2.24) is 20.2 Å². The highest BCUT2D eigenvalue weighted by molar-refractivity contribution is 5.92. The van der Waals surface area contributed by atoms with Gasteiger partial charge in [0.05, 0.1) is 12.4 Å². The van der Waals surface area contributed by atoms with E-state index in [9.17, 15) is 4.79 Å². The van der Waals surface area contributed by atoms with Crippen LogP contribution in [0.1, 0.15) is 29.8 Å². The first-order valence-electron chi connectivity index (χ1n) is 6.35. The average Bonchev–Trinajstić information content (AvgIpc) is 3.11. The molecule has 1 aliphatic carbocycles. The van der Waals surface area contributed by atoms with E-state index in [1.54, 1.807) is 0 Å². The summed E-state index contributed by atoms with van der Waals surface area (Å²) in [6, 6.07) is 0.986. The molecule has 1 saturated carbocycles. The number of carbonyl (C=O) groups is 1. The van der Waals surface area contributed by atoms with Crippen LogP contribution in [0.25, 0.3) is 0 Å². The third kappa shape index (κ3) is 2.43. The summed E-state index contributed by atoms with van der Waals surface area (Å²) >= 11 is 0. The first-order valence-corrected chi connectivity index (χ1v) is 6.35. The molecule has 1 unspecified atom stereocenters. The second kappa shape index (κ2) is 4.53. The molecule has 1 aliphatic heterocycles. The topological polar surface area (TPSA) is 84.1 Å². The highest BCUT2D eigenvalue weighted by Gasteiger charge is 2.34. The molecule has 1 amide bonds. The zero-order chi connectivity index (χ0) is 12.5. The van der Waals surface area contributed by atoms with Gasteiger partial charge in [-0.2, -0.15) is 0 Å². The van der Waals surface area contributed by atoms with Crippen molar-refractivity contribution < 1.29 is 4.79 Å². The molecule has 0 radical (unpaired) electrons. The number of hydrogen-bond acceptors (Lipinski definition) is 5. The number of anilines is 1. The molecule has 2 heterocycles. The Labute approximate surface area is 106 Å². The van der Waals surface area contributed by atoms with Crippen molar-refractivity contribution in [1.29, 1.82) is 0 Å². The molecule has 3 rings (SSSR count). The number of nitrogens with zero attached hydrogens (tertiary/aromatic N) is 3. The average molecular weight is 247 g/mol. The van der Waals surface area contributed by atoms with Crippen molar-refractivity contribution in [2.45, 2.75) is 31.3 Å². The van der Waals surface area contributed by atoms with Crippen LogP contribution in [0.15, 0.2) is 12.4 Å². The van der Waals surface area contributed by atoms with Crippen molar-refractivity contribution in [2.24, 2.45) is 0 Å². The molecule has 6 heteroatoms. The molecule has 6 nitrogen and oxygen atoms in total. The lowest BCUT2D eigenvalue weighted by Crippen LogP contribution is -2.38. The summed E-state index contributed by atoms with van der Waals surface area (Å²) in [6.45, 7) is 2.03. The zero-order valence-corrected chi connectivity index (χ0v) is 10.2. The number of nitrogen functional groups attached to an aromatic ring is 1. The molecule has 1 aromatic rings. The molecule has 2 fully saturated rings. The van der Waals surface area contributed by atoms with Crippen LogP contribution in [-0.2, 0) is 0 Å². The van der Waals surface area contributed by atoms with Crippen LogP contribution in [0.2, 0.25) is 0 Å². The maximum Gasteiger partial charge on any atom is 0.271 e. The Kier molecular flexibility index (Phi) is 2.87. The Morgan fingerprint density at radius 2 is 2.22 bits per heavy atom. The molecule has 0 aromatic carbocycles. The van der Waals surface area contributed by atoms with Crippen molar-refractivity contribution in [2.75, 3.05) is 18.8 Å². The van der Waals surface area contributed by atoms with Gasteiger partial charge < -0.3 is 11.1 Å². The Morgan fingerprint density at radius 3 is 2.94 bits per heavy atom. The molecule has 0 bridgehead atoms. The van der Waals surface area contributed by atoms with Crippen LogP contribution in [0.3, 0.4) is 0 Å². The zero-order valence-electron chi connectivity index (χ0n) is 10.2. The van der Waals surface area contributed by atoms with E-state index in [1.807, 2.05) is 0 Å². The van der Waals surface area contributed by atoms with Gasteiger partial charge in [0.25, 0.3) is 5.91 Å². The van der Waals surface area contributed by atoms with E-state index in [0.29, 0.717) is 5.69 Å². The van der Waals surface area contributed by atoms with E-state index >= 15 is 0 Å². The van der Waals surface area contributed by atoms with E-state index in [0.717, 1.165) is 25.6 Å². The first-order chi connectivity index (χ1) is 8.72. The van der Waals surface area contributed by atoms with Gasteiger partial charge in [-0.25, -0.2) is 4.98 Å². The maximum atomic E-state index is 12.0. The lowest BCUT2D eigenvalue weighted by atomic mass is 10.2. The standard InChI is InChI=1S/C12H17N5O/c13-11-6-14-5-10(16-11)12(18)15-8-3-4-17(7-8)9-1-2-9/h5-6,8-9H,1-4,7H2,(H2,13,16)(H,15,18). The number of carbonyl (C=O) groups excluding carboxylic acids is 1. The summed E-state index contributed by atoms with van der Waals surface area (Å²) < 4.78 is 0. The third-order valence-corrected chi connectivity index (χ3v) is 3.50. The summed E-state index contributed by atoms with van der Waals surface area (Å²) in [7, 11) is 0. The van der Waals surface area contributed by atoms with Gasteiger partial charge in [-0.15, -0.1) is 0 Å². The number of nitrogens with one attached hydrogen (secondary N) is 1. The van der Waals surface area contributed by atoms with Gasteiger partial charge in [-0.3, -0.25) is 14.7 Å². The summed E-state index contributed by atoms with van der Waals surface area (Å²) in [6.07, 6.45) is 6.50. The molecular formula is C12H17N5O. The normalized spacial score (nSPS) is 24.1.